The standard InChI is InChI=1S/C13H14FN3O2/c14-12-2-1-10(13(18)19)7-11(12)8-15-3-5-17-6-4-16-9-17/h1-2,4,6-7,9,15H,3,5,8H2,(H,18,19). The maximum atomic E-state index is 13.5. The van der Waals surface area contributed by atoms with Gasteiger partial charge < -0.3 is 15.0 Å². The predicted molar refractivity (Wildman–Crippen MR) is 67.3 cm³/mol. The minimum Gasteiger partial charge on any atom is -0.478 e. The monoisotopic (exact) mass is 263 g/mol. The lowest BCUT2D eigenvalue weighted by molar-refractivity contribution is 0.0696. The molecular weight excluding hydrogens is 249 g/mol. The van der Waals surface area contributed by atoms with Gasteiger partial charge in [-0.05, 0) is 18.2 Å². The van der Waals surface area contributed by atoms with Crippen molar-refractivity contribution in [2.45, 2.75) is 13.1 Å². The number of nitrogens with one attached hydrogen (secondary N) is 1. The van der Waals surface area contributed by atoms with Crippen LogP contribution in [0.4, 0.5) is 4.39 Å². The number of hydrogen-bond donors (Lipinski definition) is 2. The highest BCUT2D eigenvalue weighted by atomic mass is 19.1. The Morgan fingerprint density at radius 2 is 2.32 bits per heavy atom. The molecule has 0 bridgehead atoms. The van der Waals surface area contributed by atoms with Gasteiger partial charge in [-0.1, -0.05) is 0 Å². The van der Waals surface area contributed by atoms with E-state index >= 15 is 0 Å². The zero-order valence-electron chi connectivity index (χ0n) is 10.2. The topological polar surface area (TPSA) is 67.2 Å². The molecule has 0 aliphatic heterocycles. The number of aromatic nitrogens is 2. The molecule has 0 amide bonds. The van der Waals surface area contributed by atoms with Crippen LogP contribution in [0.15, 0.2) is 36.9 Å². The Morgan fingerprint density at radius 1 is 1.47 bits per heavy atom. The van der Waals surface area contributed by atoms with Gasteiger partial charge in [0.1, 0.15) is 5.82 Å². The third-order valence-electron chi connectivity index (χ3n) is 2.71. The smallest absolute Gasteiger partial charge is 0.335 e. The summed E-state index contributed by atoms with van der Waals surface area (Å²) in [5.41, 5.74) is 0.443. The van der Waals surface area contributed by atoms with Crippen LogP contribution in [-0.4, -0.2) is 27.2 Å². The van der Waals surface area contributed by atoms with Gasteiger partial charge >= 0.3 is 5.97 Å². The van der Waals surface area contributed by atoms with Crippen molar-refractivity contribution in [2.24, 2.45) is 0 Å². The molecule has 5 nitrogen and oxygen atoms in total. The Hall–Kier alpha value is -2.21. The number of carboxylic acids is 1. The number of nitrogens with zero attached hydrogens (tertiary/aromatic N) is 2. The predicted octanol–water partition coefficient (Wildman–Crippen LogP) is 1.51. The van der Waals surface area contributed by atoms with E-state index in [1.54, 1.807) is 12.5 Å². The minimum absolute atomic E-state index is 0.0906. The van der Waals surface area contributed by atoms with E-state index in [-0.39, 0.29) is 5.56 Å². The van der Waals surface area contributed by atoms with Crippen molar-refractivity contribution < 1.29 is 14.3 Å². The molecule has 0 aliphatic rings. The number of halogens is 1. The number of hydrogen-bond acceptors (Lipinski definition) is 3. The summed E-state index contributed by atoms with van der Waals surface area (Å²) in [6.45, 7) is 1.66. The van der Waals surface area contributed by atoms with Gasteiger partial charge in [0.15, 0.2) is 0 Å². The minimum atomic E-state index is -1.06. The molecule has 1 aromatic heterocycles. The van der Waals surface area contributed by atoms with E-state index in [1.165, 1.54) is 18.2 Å². The Balaban J connectivity index is 1.88. The van der Waals surface area contributed by atoms with Gasteiger partial charge in [0, 0.05) is 37.6 Å². The third kappa shape index (κ3) is 3.62. The van der Waals surface area contributed by atoms with Crippen LogP contribution in [-0.2, 0) is 13.1 Å². The van der Waals surface area contributed by atoms with Crippen LogP contribution in [0.5, 0.6) is 0 Å². The molecule has 0 radical (unpaired) electrons. The van der Waals surface area contributed by atoms with Crippen molar-refractivity contribution in [1.29, 1.82) is 0 Å². The fourth-order valence-electron chi connectivity index (χ4n) is 1.69. The fourth-order valence-corrected chi connectivity index (χ4v) is 1.69. The second-order valence-corrected chi connectivity index (χ2v) is 4.09. The first kappa shape index (κ1) is 13.2. The molecule has 2 aromatic rings. The maximum Gasteiger partial charge on any atom is 0.335 e. The van der Waals surface area contributed by atoms with Crippen LogP contribution in [0.2, 0.25) is 0 Å². The van der Waals surface area contributed by atoms with Crippen molar-refractivity contribution in [3.05, 3.63) is 53.9 Å². The van der Waals surface area contributed by atoms with Crippen LogP contribution in [0.3, 0.4) is 0 Å². The van der Waals surface area contributed by atoms with E-state index in [2.05, 4.69) is 10.3 Å². The van der Waals surface area contributed by atoms with Crippen molar-refractivity contribution >= 4 is 5.97 Å². The summed E-state index contributed by atoms with van der Waals surface area (Å²) in [6, 6.07) is 3.78. The third-order valence-corrected chi connectivity index (χ3v) is 2.71. The molecule has 0 spiro atoms. The fraction of sp³-hybridized carbons (Fsp3) is 0.231. The molecule has 100 valence electrons. The lowest BCUT2D eigenvalue weighted by Crippen LogP contribution is -2.19. The Bertz CT molecular complexity index is 555. The van der Waals surface area contributed by atoms with Gasteiger partial charge in [-0.3, -0.25) is 0 Å². The average molecular weight is 263 g/mol. The highest BCUT2D eigenvalue weighted by molar-refractivity contribution is 5.87. The van der Waals surface area contributed by atoms with Gasteiger partial charge in [-0.25, -0.2) is 14.2 Å². The molecule has 0 aliphatic carbocycles. The second-order valence-electron chi connectivity index (χ2n) is 4.09. The van der Waals surface area contributed by atoms with Crippen LogP contribution in [0.25, 0.3) is 0 Å². The van der Waals surface area contributed by atoms with Crippen molar-refractivity contribution in [1.82, 2.24) is 14.9 Å². The average Bonchev–Trinajstić information content (AvgIpc) is 2.89. The van der Waals surface area contributed by atoms with Crippen LogP contribution < -0.4 is 5.32 Å². The molecule has 2 N–H and O–H groups in total. The summed E-state index contributed by atoms with van der Waals surface area (Å²) in [5, 5.41) is 11.9. The van der Waals surface area contributed by atoms with E-state index < -0.39 is 11.8 Å². The summed E-state index contributed by atoms with van der Waals surface area (Å²) in [4.78, 5) is 14.7. The summed E-state index contributed by atoms with van der Waals surface area (Å²) >= 11 is 0. The van der Waals surface area contributed by atoms with E-state index in [0.29, 0.717) is 18.7 Å². The summed E-state index contributed by atoms with van der Waals surface area (Å²) < 4.78 is 15.4. The van der Waals surface area contributed by atoms with Crippen LogP contribution in [0, 0.1) is 5.82 Å². The number of carboxylic acid groups (broad SMARTS) is 1. The van der Waals surface area contributed by atoms with Gasteiger partial charge in [-0.15, -0.1) is 0 Å². The normalized spacial score (nSPS) is 10.6. The van der Waals surface area contributed by atoms with Crippen molar-refractivity contribution in [2.75, 3.05) is 6.54 Å². The highest BCUT2D eigenvalue weighted by Crippen LogP contribution is 2.10. The molecule has 0 atom stereocenters. The van der Waals surface area contributed by atoms with Gasteiger partial charge in [0.05, 0.1) is 11.9 Å². The highest BCUT2D eigenvalue weighted by Gasteiger charge is 2.07. The summed E-state index contributed by atoms with van der Waals surface area (Å²) in [6.07, 6.45) is 5.23. The van der Waals surface area contributed by atoms with Crippen molar-refractivity contribution in [3.8, 4) is 0 Å². The molecule has 1 aromatic carbocycles. The molecule has 6 heteroatoms. The molecule has 19 heavy (non-hydrogen) atoms. The molecule has 2 rings (SSSR count). The van der Waals surface area contributed by atoms with E-state index in [9.17, 15) is 9.18 Å². The van der Waals surface area contributed by atoms with Gasteiger partial charge in [-0.2, -0.15) is 0 Å². The molecule has 0 unspecified atom stereocenters. The molecule has 0 saturated heterocycles. The first-order valence-electron chi connectivity index (χ1n) is 5.85. The second kappa shape index (κ2) is 6.10. The first-order valence-corrected chi connectivity index (χ1v) is 5.85. The molecule has 0 fully saturated rings. The lowest BCUT2D eigenvalue weighted by atomic mass is 10.1. The number of imidazole rings is 1. The van der Waals surface area contributed by atoms with Gasteiger partial charge in [0.2, 0.25) is 0 Å². The van der Waals surface area contributed by atoms with E-state index in [0.717, 1.165) is 6.54 Å². The first-order chi connectivity index (χ1) is 9.16. The van der Waals surface area contributed by atoms with E-state index in [1.807, 2.05) is 10.8 Å². The largest absolute Gasteiger partial charge is 0.478 e. The van der Waals surface area contributed by atoms with Crippen molar-refractivity contribution in [3.63, 3.8) is 0 Å². The lowest BCUT2D eigenvalue weighted by Gasteiger charge is -2.07. The summed E-state index contributed by atoms with van der Waals surface area (Å²) in [7, 11) is 0. The van der Waals surface area contributed by atoms with Crippen LogP contribution >= 0.6 is 0 Å². The number of benzene rings is 1. The Labute approximate surface area is 109 Å². The number of aromatic carboxylic acids is 1. The number of rotatable bonds is 6. The Kier molecular flexibility index (Phi) is 4.25. The SMILES string of the molecule is O=C(O)c1ccc(F)c(CNCCn2ccnc2)c1. The van der Waals surface area contributed by atoms with Gasteiger partial charge in [0.25, 0.3) is 0 Å². The molecule has 0 saturated carbocycles. The Morgan fingerprint density at radius 3 is 3.00 bits per heavy atom. The zero-order valence-corrected chi connectivity index (χ0v) is 10.2. The maximum absolute atomic E-state index is 13.5. The van der Waals surface area contributed by atoms with E-state index in [4.69, 9.17) is 5.11 Å². The quantitative estimate of drug-likeness (QED) is 0.775. The molecule has 1 heterocycles. The number of carbonyl (C=O) groups is 1. The zero-order chi connectivity index (χ0) is 13.7. The molecular formula is C13H14FN3O2. The summed E-state index contributed by atoms with van der Waals surface area (Å²) in [5.74, 6) is -1.46. The van der Waals surface area contributed by atoms with Crippen LogP contribution in [0.1, 0.15) is 15.9 Å².